The van der Waals surface area contributed by atoms with Crippen molar-refractivity contribution in [2.45, 2.75) is 92.2 Å². The maximum Gasteiger partial charge on any atom is 0.673 e. The maximum absolute atomic E-state index is 9.75. The number of unbranched alkanes of at least 4 members (excludes halogenated alkanes) is 6. The molecule has 0 aliphatic heterocycles. The summed E-state index contributed by atoms with van der Waals surface area (Å²) in [5, 5.41) is 0. The van der Waals surface area contributed by atoms with Crippen LogP contribution in [0.2, 0.25) is 0 Å². The lowest BCUT2D eigenvalue weighted by Crippen LogP contribution is -2.39. The number of pyridine rings is 3. The molecular weight excluding hydrogens is 867 g/mol. The largest absolute Gasteiger partial charge is 0.673 e. The van der Waals surface area contributed by atoms with E-state index in [0.29, 0.717) is 0 Å². The van der Waals surface area contributed by atoms with Crippen molar-refractivity contribution in [2.24, 2.45) is 0 Å². The number of rotatable bonds is 15. The standard InChI is InChI=1S/C47H54N3.3BF4/c1-5-7-9-11-29-48-31-25-41(26-32-48)39-21-23-40(24-22-39)44-35-46(42-17-13-37(3)14-18-42)50(47(36-44)43-19-15-38(4)16-20-43)45-27-33-49(34-28-45)30-12-10-8-6-2;3*2-1(3,4)5/h13-28,31-36H,5-12,29-30H2,1-4H3;;;/q+3;3*-1. The quantitative estimate of drug-likeness (QED) is 0.0421. The zero-order valence-corrected chi connectivity index (χ0v) is 36.9. The van der Waals surface area contributed by atoms with Crippen molar-refractivity contribution < 1.29 is 65.5 Å². The van der Waals surface area contributed by atoms with Crippen LogP contribution in [-0.4, -0.2) is 21.8 Å². The van der Waals surface area contributed by atoms with Crippen molar-refractivity contribution in [2.75, 3.05) is 0 Å². The molecule has 0 aliphatic carbocycles. The van der Waals surface area contributed by atoms with Crippen LogP contribution in [0.4, 0.5) is 51.8 Å². The van der Waals surface area contributed by atoms with Crippen molar-refractivity contribution in [3.05, 3.63) is 145 Å². The van der Waals surface area contributed by atoms with Gasteiger partial charge in [-0.1, -0.05) is 99.2 Å². The average Bonchev–Trinajstić information content (AvgIpc) is 3.23. The fourth-order valence-corrected chi connectivity index (χ4v) is 6.76. The average molecular weight is 921 g/mol. The van der Waals surface area contributed by atoms with E-state index >= 15 is 0 Å². The molecule has 6 rings (SSSR count). The Bertz CT molecular complexity index is 2170. The van der Waals surface area contributed by atoms with E-state index in [0.717, 1.165) is 18.8 Å². The first kappa shape index (κ1) is 53.8. The highest BCUT2D eigenvalue weighted by Crippen LogP contribution is 2.32. The molecule has 65 heavy (non-hydrogen) atoms. The Morgan fingerprint density at radius 1 is 0.354 bits per heavy atom. The number of hydrogen-bond acceptors (Lipinski definition) is 0. The molecule has 3 aromatic heterocycles. The number of halogens is 12. The normalized spacial score (nSPS) is 11.4. The monoisotopic (exact) mass is 921 g/mol. The summed E-state index contributed by atoms with van der Waals surface area (Å²) in [6.07, 6.45) is 19.1. The molecule has 0 spiro atoms. The van der Waals surface area contributed by atoms with Gasteiger partial charge in [-0.3, -0.25) is 0 Å². The lowest BCUT2D eigenvalue weighted by atomic mass is 9.96. The van der Waals surface area contributed by atoms with Crippen molar-refractivity contribution in [3.63, 3.8) is 0 Å². The summed E-state index contributed by atoms with van der Waals surface area (Å²) >= 11 is 0. The second kappa shape index (κ2) is 25.8. The third-order valence-corrected chi connectivity index (χ3v) is 9.88. The van der Waals surface area contributed by atoms with Gasteiger partial charge < -0.3 is 51.8 Å². The molecule has 0 aliphatic rings. The van der Waals surface area contributed by atoms with E-state index in [2.05, 4.69) is 175 Å². The summed E-state index contributed by atoms with van der Waals surface area (Å²) in [7, 11) is -18.0. The zero-order valence-electron chi connectivity index (χ0n) is 36.9. The Kier molecular flexibility index (Phi) is 21.4. The van der Waals surface area contributed by atoms with E-state index in [4.69, 9.17) is 0 Å². The molecule has 18 heteroatoms. The summed E-state index contributed by atoms with van der Waals surface area (Å²) in [5.41, 5.74) is 13.3. The molecule has 0 atom stereocenters. The number of benzene rings is 3. The van der Waals surface area contributed by atoms with Crippen LogP contribution in [0.25, 0.3) is 50.5 Å². The van der Waals surface area contributed by atoms with Crippen LogP contribution >= 0.6 is 0 Å². The minimum Gasteiger partial charge on any atom is -0.418 e. The molecule has 0 fully saturated rings. The Balaban J connectivity index is 0.000000648. The van der Waals surface area contributed by atoms with Gasteiger partial charge in [0.15, 0.2) is 24.8 Å². The van der Waals surface area contributed by atoms with Crippen LogP contribution in [-0.2, 0) is 13.1 Å². The molecule has 3 aromatic carbocycles. The lowest BCUT2D eigenvalue weighted by Gasteiger charge is -2.13. The summed E-state index contributed by atoms with van der Waals surface area (Å²) in [5.74, 6) is 0. The Morgan fingerprint density at radius 2 is 0.646 bits per heavy atom. The second-order valence-corrected chi connectivity index (χ2v) is 15.4. The van der Waals surface area contributed by atoms with Gasteiger partial charge in [0.1, 0.15) is 13.1 Å². The van der Waals surface area contributed by atoms with Gasteiger partial charge in [-0.25, -0.2) is 9.13 Å². The highest BCUT2D eigenvalue weighted by Gasteiger charge is 2.26. The Morgan fingerprint density at radius 3 is 0.985 bits per heavy atom. The molecular formula is C47H54B3F12N3. The maximum atomic E-state index is 9.75. The third kappa shape index (κ3) is 21.8. The van der Waals surface area contributed by atoms with Gasteiger partial charge >= 0.3 is 21.8 Å². The van der Waals surface area contributed by atoms with E-state index in [-0.39, 0.29) is 0 Å². The first-order valence-corrected chi connectivity index (χ1v) is 21.5. The molecule has 0 N–H and O–H groups in total. The molecule has 6 aromatic rings. The molecule has 350 valence electrons. The van der Waals surface area contributed by atoms with E-state index in [1.54, 1.807) is 0 Å². The Labute approximate surface area is 374 Å². The number of nitrogens with zero attached hydrogens (tertiary/aromatic N) is 3. The van der Waals surface area contributed by atoms with E-state index in [9.17, 15) is 51.8 Å². The van der Waals surface area contributed by atoms with Gasteiger partial charge in [0.2, 0.25) is 17.1 Å². The minimum atomic E-state index is -6.00. The summed E-state index contributed by atoms with van der Waals surface area (Å²) in [6, 6.07) is 40.8. The summed E-state index contributed by atoms with van der Waals surface area (Å²) in [4.78, 5) is 0. The van der Waals surface area contributed by atoms with Crippen molar-refractivity contribution in [1.29, 1.82) is 0 Å². The molecule has 0 amide bonds. The van der Waals surface area contributed by atoms with Crippen LogP contribution in [0.5, 0.6) is 0 Å². The van der Waals surface area contributed by atoms with Gasteiger partial charge in [0.05, 0.1) is 12.1 Å². The molecule has 0 bridgehead atoms. The zero-order chi connectivity index (χ0) is 48.2. The topological polar surface area (TPSA) is 11.6 Å². The van der Waals surface area contributed by atoms with Crippen molar-refractivity contribution in [1.82, 2.24) is 0 Å². The van der Waals surface area contributed by atoms with Crippen LogP contribution < -0.4 is 13.7 Å². The molecule has 3 heterocycles. The molecule has 0 unspecified atom stereocenters. The van der Waals surface area contributed by atoms with Crippen molar-refractivity contribution in [3.8, 4) is 50.5 Å². The van der Waals surface area contributed by atoms with Gasteiger partial charge in [-0.15, -0.1) is 0 Å². The predicted octanol–water partition coefficient (Wildman–Crippen LogP) is 14.9. The fraction of sp³-hybridized carbons (Fsp3) is 0.298. The predicted molar refractivity (Wildman–Crippen MR) is 238 cm³/mol. The van der Waals surface area contributed by atoms with E-state index in [1.165, 1.54) is 107 Å². The van der Waals surface area contributed by atoms with Gasteiger partial charge in [0, 0.05) is 48.2 Å². The first-order valence-electron chi connectivity index (χ1n) is 21.5. The lowest BCUT2D eigenvalue weighted by molar-refractivity contribution is -0.698. The Hall–Kier alpha value is -5.54. The number of aromatic nitrogens is 3. The SMILES string of the molecule is CCCCCC[n+]1ccc(-c2ccc(-c3cc(-c4ccc(C)cc4)[n+](-c4cc[n+](CCCCCC)cc4)c(-c4ccc(C)cc4)c3)cc2)cc1.F[B-](F)(F)F.F[B-](F)(F)F.F[B-](F)(F)F. The van der Waals surface area contributed by atoms with Crippen LogP contribution in [0, 0.1) is 13.8 Å². The molecule has 0 saturated heterocycles. The number of hydrogen-bond donors (Lipinski definition) is 0. The van der Waals surface area contributed by atoms with Crippen molar-refractivity contribution >= 4 is 21.8 Å². The van der Waals surface area contributed by atoms with Gasteiger partial charge in [0.25, 0.3) is 0 Å². The van der Waals surface area contributed by atoms with Gasteiger partial charge in [-0.2, -0.15) is 4.57 Å². The third-order valence-electron chi connectivity index (χ3n) is 9.88. The van der Waals surface area contributed by atoms with Crippen LogP contribution in [0.1, 0.15) is 76.3 Å². The molecule has 0 saturated carbocycles. The minimum absolute atomic E-state index is 1.05. The van der Waals surface area contributed by atoms with E-state index in [1.807, 2.05) is 0 Å². The highest BCUT2D eigenvalue weighted by atomic mass is 19.5. The summed E-state index contributed by atoms with van der Waals surface area (Å²) in [6.45, 7) is 11.0. The second-order valence-electron chi connectivity index (χ2n) is 15.4. The number of aryl methyl sites for hydroxylation is 4. The summed E-state index contributed by atoms with van der Waals surface area (Å²) < 4.78 is 124. The van der Waals surface area contributed by atoms with E-state index < -0.39 is 21.8 Å². The van der Waals surface area contributed by atoms with Crippen LogP contribution in [0.3, 0.4) is 0 Å². The fourth-order valence-electron chi connectivity index (χ4n) is 6.76. The van der Waals surface area contributed by atoms with Crippen LogP contribution in [0.15, 0.2) is 134 Å². The first-order chi connectivity index (χ1) is 30.5. The highest BCUT2D eigenvalue weighted by molar-refractivity contribution is 6.50. The molecule has 3 nitrogen and oxygen atoms in total. The smallest absolute Gasteiger partial charge is 0.418 e. The molecule has 0 radical (unpaired) electrons. The van der Waals surface area contributed by atoms with Gasteiger partial charge in [-0.05, 0) is 73.2 Å².